The molecule has 0 aliphatic rings. The molecule has 0 fully saturated rings. The minimum Gasteiger partial charge on any atom is -0.450 e. The third kappa shape index (κ3) is 3.82. The van der Waals surface area contributed by atoms with Gasteiger partial charge in [-0.05, 0) is 24.3 Å². The summed E-state index contributed by atoms with van der Waals surface area (Å²) in [4.78, 5) is 21.5. The topological polar surface area (TPSA) is 80.1 Å². The van der Waals surface area contributed by atoms with Gasteiger partial charge in [0.05, 0.1) is 7.11 Å². The van der Waals surface area contributed by atoms with Crippen molar-refractivity contribution in [2.24, 2.45) is 10.2 Å². The Kier molecular flexibility index (Phi) is 4.07. The van der Waals surface area contributed by atoms with Gasteiger partial charge in [0.1, 0.15) is 5.82 Å². The second-order valence-corrected chi connectivity index (χ2v) is 2.61. The minimum atomic E-state index is -0.978. The average Bonchev–Trinajstić information content (AvgIpc) is 2.29. The van der Waals surface area contributed by atoms with Gasteiger partial charge >= 0.3 is 12.1 Å². The van der Waals surface area contributed by atoms with E-state index in [2.05, 4.69) is 20.3 Å². The standard InChI is InChI=1S/C9H8FN3O3/c1-16-9(15)13-12-8(14)11-7-4-2-6(10)3-5-7/h2-5H,1H3,(H,11,14)/b13-12+. The number of carbonyl (C=O) groups is 2. The number of methoxy groups -OCH3 is 1. The van der Waals surface area contributed by atoms with Crippen LogP contribution in [0.2, 0.25) is 0 Å². The predicted molar refractivity (Wildman–Crippen MR) is 52.7 cm³/mol. The second-order valence-electron chi connectivity index (χ2n) is 2.61. The molecule has 0 unspecified atom stereocenters. The highest BCUT2D eigenvalue weighted by atomic mass is 19.1. The van der Waals surface area contributed by atoms with Crippen molar-refractivity contribution in [2.45, 2.75) is 0 Å². The molecule has 1 rings (SSSR count). The zero-order chi connectivity index (χ0) is 12.0. The van der Waals surface area contributed by atoms with Crippen LogP contribution in [0.4, 0.5) is 19.7 Å². The summed E-state index contributed by atoms with van der Waals surface area (Å²) < 4.78 is 16.6. The van der Waals surface area contributed by atoms with Crippen LogP contribution in [-0.4, -0.2) is 19.2 Å². The van der Waals surface area contributed by atoms with Gasteiger partial charge in [-0.3, -0.25) is 0 Å². The normalized spacial score (nSPS) is 10.1. The number of urea groups is 1. The average molecular weight is 225 g/mol. The highest BCUT2D eigenvalue weighted by Gasteiger charge is 2.01. The van der Waals surface area contributed by atoms with Crippen LogP contribution >= 0.6 is 0 Å². The molecule has 1 aromatic rings. The number of nitrogens with zero attached hydrogens (tertiary/aromatic N) is 2. The van der Waals surface area contributed by atoms with E-state index in [4.69, 9.17) is 0 Å². The fourth-order valence-corrected chi connectivity index (χ4v) is 0.809. The number of hydrogen-bond donors (Lipinski definition) is 1. The van der Waals surface area contributed by atoms with Gasteiger partial charge in [0, 0.05) is 5.69 Å². The molecule has 0 heterocycles. The van der Waals surface area contributed by atoms with Gasteiger partial charge in [-0.1, -0.05) is 10.2 Å². The van der Waals surface area contributed by atoms with Gasteiger partial charge < -0.3 is 10.1 Å². The molecule has 0 aliphatic carbocycles. The van der Waals surface area contributed by atoms with E-state index in [1.807, 2.05) is 0 Å². The smallest absolute Gasteiger partial charge is 0.450 e. The Morgan fingerprint density at radius 3 is 2.44 bits per heavy atom. The molecular formula is C9H8FN3O3. The van der Waals surface area contributed by atoms with Crippen LogP contribution in [0.3, 0.4) is 0 Å². The molecule has 0 aliphatic heterocycles. The van der Waals surface area contributed by atoms with E-state index < -0.39 is 17.9 Å². The van der Waals surface area contributed by atoms with Crippen LogP contribution in [0.15, 0.2) is 34.5 Å². The first-order chi connectivity index (χ1) is 7.61. The summed E-state index contributed by atoms with van der Waals surface area (Å²) >= 11 is 0. The summed E-state index contributed by atoms with van der Waals surface area (Å²) in [6.45, 7) is 0. The summed E-state index contributed by atoms with van der Waals surface area (Å²) in [6.07, 6.45) is -0.978. The van der Waals surface area contributed by atoms with Gasteiger partial charge in [-0.15, -0.1) is 0 Å². The van der Waals surface area contributed by atoms with Gasteiger partial charge in [-0.2, -0.15) is 0 Å². The van der Waals surface area contributed by atoms with Crippen LogP contribution in [0.25, 0.3) is 0 Å². The number of amides is 3. The molecule has 0 atom stereocenters. The molecule has 16 heavy (non-hydrogen) atoms. The number of halogens is 1. The first kappa shape index (κ1) is 11.8. The lowest BCUT2D eigenvalue weighted by molar-refractivity contribution is 0.180. The predicted octanol–water partition coefficient (Wildman–Crippen LogP) is 2.58. The molecule has 7 heteroatoms. The van der Waals surface area contributed by atoms with E-state index in [1.54, 1.807) is 0 Å². The lowest BCUT2D eigenvalue weighted by Crippen LogP contribution is -2.06. The van der Waals surface area contributed by atoms with Crippen molar-refractivity contribution >= 4 is 17.8 Å². The highest BCUT2D eigenvalue weighted by Crippen LogP contribution is 2.08. The van der Waals surface area contributed by atoms with Crippen molar-refractivity contribution in [3.05, 3.63) is 30.1 Å². The fourth-order valence-electron chi connectivity index (χ4n) is 0.809. The largest absolute Gasteiger partial charge is 0.452 e. The minimum absolute atomic E-state index is 0.343. The Hall–Kier alpha value is -2.31. The summed E-state index contributed by atoms with van der Waals surface area (Å²) in [5.74, 6) is -0.422. The number of azo groups is 1. The van der Waals surface area contributed by atoms with Crippen molar-refractivity contribution in [2.75, 3.05) is 12.4 Å². The highest BCUT2D eigenvalue weighted by molar-refractivity contribution is 5.90. The Morgan fingerprint density at radius 2 is 1.88 bits per heavy atom. The molecule has 0 radical (unpaired) electrons. The van der Waals surface area contributed by atoms with E-state index >= 15 is 0 Å². The van der Waals surface area contributed by atoms with E-state index in [0.29, 0.717) is 5.69 Å². The zero-order valence-corrected chi connectivity index (χ0v) is 8.31. The molecule has 0 spiro atoms. The molecule has 0 aromatic heterocycles. The first-order valence-corrected chi connectivity index (χ1v) is 4.18. The Balaban J connectivity index is 2.55. The summed E-state index contributed by atoms with van der Waals surface area (Å²) in [7, 11) is 1.11. The molecule has 0 saturated carbocycles. The molecule has 6 nitrogen and oxygen atoms in total. The maximum Gasteiger partial charge on any atom is 0.452 e. The molecule has 3 amide bonds. The molecule has 84 valence electrons. The first-order valence-electron chi connectivity index (χ1n) is 4.18. The summed E-state index contributed by atoms with van der Waals surface area (Å²) in [5.41, 5.74) is 0.343. The Labute approximate surface area is 90.1 Å². The fraction of sp³-hybridized carbons (Fsp3) is 0.111. The quantitative estimate of drug-likeness (QED) is 0.746. The SMILES string of the molecule is COC(=O)/N=N/C(=O)Nc1ccc(F)cc1. The van der Waals surface area contributed by atoms with Gasteiger partial charge in [0.15, 0.2) is 0 Å². The number of carbonyl (C=O) groups excluding carboxylic acids is 2. The maximum absolute atomic E-state index is 12.5. The van der Waals surface area contributed by atoms with E-state index in [-0.39, 0.29) is 0 Å². The summed E-state index contributed by atoms with van der Waals surface area (Å²) in [6, 6.07) is 4.19. The number of nitrogens with one attached hydrogen (secondary N) is 1. The van der Waals surface area contributed by atoms with Crippen molar-refractivity contribution in [1.82, 2.24) is 0 Å². The number of ether oxygens (including phenoxy) is 1. The number of anilines is 1. The van der Waals surface area contributed by atoms with E-state index in [1.165, 1.54) is 24.3 Å². The van der Waals surface area contributed by atoms with Crippen molar-refractivity contribution in [3.63, 3.8) is 0 Å². The zero-order valence-electron chi connectivity index (χ0n) is 8.31. The van der Waals surface area contributed by atoms with Crippen molar-refractivity contribution in [1.29, 1.82) is 0 Å². The number of hydrogen-bond acceptors (Lipinski definition) is 3. The molecule has 1 N–H and O–H groups in total. The molecular weight excluding hydrogens is 217 g/mol. The van der Waals surface area contributed by atoms with Crippen LogP contribution < -0.4 is 5.32 Å². The monoisotopic (exact) mass is 225 g/mol. The summed E-state index contributed by atoms with van der Waals surface area (Å²) in [5, 5.41) is 8.23. The van der Waals surface area contributed by atoms with Gasteiger partial charge in [0.25, 0.3) is 0 Å². The second kappa shape index (κ2) is 5.54. The number of rotatable bonds is 1. The van der Waals surface area contributed by atoms with Crippen LogP contribution in [0.5, 0.6) is 0 Å². The van der Waals surface area contributed by atoms with Gasteiger partial charge in [0.2, 0.25) is 0 Å². The number of benzene rings is 1. The maximum atomic E-state index is 12.5. The Morgan fingerprint density at radius 1 is 1.25 bits per heavy atom. The Bertz CT molecular complexity index is 417. The van der Waals surface area contributed by atoms with E-state index in [9.17, 15) is 14.0 Å². The molecule has 0 saturated heterocycles. The molecule has 0 bridgehead atoms. The lowest BCUT2D eigenvalue weighted by atomic mass is 10.3. The van der Waals surface area contributed by atoms with E-state index in [0.717, 1.165) is 7.11 Å². The van der Waals surface area contributed by atoms with Crippen LogP contribution in [0.1, 0.15) is 0 Å². The lowest BCUT2D eigenvalue weighted by Gasteiger charge is -1.99. The van der Waals surface area contributed by atoms with Crippen LogP contribution in [0, 0.1) is 5.82 Å². The van der Waals surface area contributed by atoms with Crippen LogP contribution in [-0.2, 0) is 4.74 Å². The molecule has 1 aromatic carbocycles. The van der Waals surface area contributed by atoms with Crippen molar-refractivity contribution in [3.8, 4) is 0 Å². The third-order valence-electron chi connectivity index (χ3n) is 1.49. The third-order valence-corrected chi connectivity index (χ3v) is 1.49. The van der Waals surface area contributed by atoms with Gasteiger partial charge in [-0.25, -0.2) is 14.0 Å². The van der Waals surface area contributed by atoms with Crippen molar-refractivity contribution < 1.29 is 18.7 Å².